The fraction of sp³-hybridized carbons (Fsp3) is 0.286. The van der Waals surface area contributed by atoms with Crippen LogP contribution < -0.4 is 5.56 Å². The van der Waals surface area contributed by atoms with Crippen LogP contribution in [0.1, 0.15) is 17.4 Å². The maximum absolute atomic E-state index is 11.0. The summed E-state index contributed by atoms with van der Waals surface area (Å²) >= 11 is 0. The highest BCUT2D eigenvalue weighted by Gasteiger charge is 2.08. The second-order valence-corrected chi connectivity index (χ2v) is 2.18. The molecule has 0 atom stereocenters. The summed E-state index contributed by atoms with van der Waals surface area (Å²) in [6, 6.07) is 0.901. The van der Waals surface area contributed by atoms with Crippen molar-refractivity contribution < 1.29 is 14.7 Å². The van der Waals surface area contributed by atoms with Gasteiger partial charge in [-0.15, -0.1) is 4.73 Å². The maximum atomic E-state index is 11.0. The molecule has 0 aliphatic heterocycles. The highest BCUT2D eigenvalue weighted by molar-refractivity contribution is 5.86. The molecule has 0 bridgehead atoms. The van der Waals surface area contributed by atoms with Gasteiger partial charge in [0, 0.05) is 6.07 Å². The lowest BCUT2D eigenvalue weighted by molar-refractivity contribution is 0.0517. The topological polar surface area (TPSA) is 81.4 Å². The van der Waals surface area contributed by atoms with Crippen molar-refractivity contribution in [1.29, 1.82) is 0 Å². The number of carbonyl (C=O) groups is 1. The zero-order valence-corrected chi connectivity index (χ0v) is 6.93. The van der Waals surface area contributed by atoms with E-state index in [0.717, 1.165) is 12.4 Å². The van der Waals surface area contributed by atoms with Gasteiger partial charge in [0.2, 0.25) is 0 Å². The SMILES string of the molecule is CCOC(=O)c1cc(=O)n(O)cn1. The first-order chi connectivity index (χ1) is 6.15. The van der Waals surface area contributed by atoms with Gasteiger partial charge >= 0.3 is 5.97 Å². The van der Waals surface area contributed by atoms with Gasteiger partial charge in [-0.25, -0.2) is 9.78 Å². The average Bonchev–Trinajstić information content (AvgIpc) is 2.10. The molecule has 1 aromatic rings. The molecule has 0 aromatic carbocycles. The van der Waals surface area contributed by atoms with Crippen LogP contribution >= 0.6 is 0 Å². The van der Waals surface area contributed by atoms with Crippen LogP contribution in [0.25, 0.3) is 0 Å². The number of hydrogen-bond donors (Lipinski definition) is 1. The lowest BCUT2D eigenvalue weighted by atomic mass is 10.4. The van der Waals surface area contributed by atoms with E-state index in [-0.39, 0.29) is 17.0 Å². The van der Waals surface area contributed by atoms with Gasteiger partial charge in [0.25, 0.3) is 5.56 Å². The van der Waals surface area contributed by atoms with Crippen LogP contribution in [-0.4, -0.2) is 27.5 Å². The summed E-state index contributed by atoms with van der Waals surface area (Å²) in [4.78, 5) is 25.3. The van der Waals surface area contributed by atoms with Crippen LogP contribution in [0.4, 0.5) is 0 Å². The first-order valence-corrected chi connectivity index (χ1v) is 3.60. The van der Waals surface area contributed by atoms with E-state index < -0.39 is 11.5 Å². The summed E-state index contributed by atoms with van der Waals surface area (Å²) in [5.41, 5.74) is -0.838. The highest BCUT2D eigenvalue weighted by atomic mass is 16.5. The predicted octanol–water partition coefficient (Wildman–Crippen LogP) is -0.343. The van der Waals surface area contributed by atoms with E-state index in [1.165, 1.54) is 0 Å². The summed E-state index contributed by atoms with van der Waals surface area (Å²) in [5, 5.41) is 8.74. The Morgan fingerprint density at radius 3 is 3.00 bits per heavy atom. The number of aromatic nitrogens is 2. The molecular weight excluding hydrogens is 176 g/mol. The number of hydrogen-bond acceptors (Lipinski definition) is 5. The van der Waals surface area contributed by atoms with Crippen molar-refractivity contribution in [2.75, 3.05) is 6.61 Å². The number of esters is 1. The lowest BCUT2D eigenvalue weighted by Gasteiger charge is -1.99. The van der Waals surface area contributed by atoms with Gasteiger partial charge in [-0.1, -0.05) is 0 Å². The Hall–Kier alpha value is -1.85. The summed E-state index contributed by atoms with van der Waals surface area (Å²) in [7, 11) is 0. The molecule has 6 heteroatoms. The number of nitrogens with zero attached hydrogens (tertiary/aromatic N) is 2. The molecule has 0 amide bonds. The smallest absolute Gasteiger partial charge is 0.357 e. The van der Waals surface area contributed by atoms with Crippen LogP contribution in [-0.2, 0) is 4.74 Å². The van der Waals surface area contributed by atoms with Gasteiger partial charge < -0.3 is 9.94 Å². The third-order valence-corrected chi connectivity index (χ3v) is 1.28. The molecule has 1 N–H and O–H groups in total. The minimum atomic E-state index is -0.724. The minimum Gasteiger partial charge on any atom is -0.461 e. The molecule has 70 valence electrons. The fourth-order valence-corrected chi connectivity index (χ4v) is 0.711. The van der Waals surface area contributed by atoms with Crippen molar-refractivity contribution in [3.63, 3.8) is 0 Å². The zero-order valence-electron chi connectivity index (χ0n) is 6.93. The Kier molecular flexibility index (Phi) is 2.63. The summed E-state index contributed by atoms with van der Waals surface area (Å²) < 4.78 is 4.87. The second kappa shape index (κ2) is 3.70. The Morgan fingerprint density at radius 1 is 1.77 bits per heavy atom. The molecule has 0 fully saturated rings. The summed E-state index contributed by atoms with van der Waals surface area (Å²) in [6.45, 7) is 1.86. The summed E-state index contributed by atoms with van der Waals surface area (Å²) in [6.07, 6.45) is 0.842. The fourth-order valence-electron chi connectivity index (χ4n) is 0.711. The molecule has 0 radical (unpaired) electrons. The molecule has 1 aromatic heterocycles. The molecular formula is C7H8N2O4. The van der Waals surface area contributed by atoms with Crippen molar-refractivity contribution in [2.24, 2.45) is 0 Å². The monoisotopic (exact) mass is 184 g/mol. The van der Waals surface area contributed by atoms with Gasteiger partial charge in [-0.2, -0.15) is 0 Å². The van der Waals surface area contributed by atoms with Crippen LogP contribution in [0.3, 0.4) is 0 Å². The molecule has 1 rings (SSSR count). The van der Waals surface area contributed by atoms with Gasteiger partial charge in [-0.3, -0.25) is 4.79 Å². The van der Waals surface area contributed by atoms with E-state index in [9.17, 15) is 9.59 Å². The molecule has 0 saturated heterocycles. The first kappa shape index (κ1) is 9.24. The molecule has 13 heavy (non-hydrogen) atoms. The van der Waals surface area contributed by atoms with Crippen LogP contribution in [0.15, 0.2) is 17.2 Å². The number of ether oxygens (including phenoxy) is 1. The maximum Gasteiger partial charge on any atom is 0.357 e. The van der Waals surface area contributed by atoms with E-state index in [0.29, 0.717) is 0 Å². The Labute approximate surface area is 73.4 Å². The van der Waals surface area contributed by atoms with E-state index in [4.69, 9.17) is 5.21 Å². The summed E-state index contributed by atoms with van der Waals surface area (Å²) in [5.74, 6) is -0.680. The molecule has 0 saturated carbocycles. The zero-order chi connectivity index (χ0) is 9.84. The predicted molar refractivity (Wildman–Crippen MR) is 41.6 cm³/mol. The van der Waals surface area contributed by atoms with E-state index in [2.05, 4.69) is 9.72 Å². The quantitative estimate of drug-likeness (QED) is 0.502. The van der Waals surface area contributed by atoms with E-state index in [1.54, 1.807) is 6.92 Å². The molecule has 6 nitrogen and oxygen atoms in total. The van der Waals surface area contributed by atoms with E-state index in [1.807, 2.05) is 0 Å². The molecule has 1 heterocycles. The Balaban J connectivity index is 2.97. The van der Waals surface area contributed by atoms with Crippen molar-refractivity contribution in [1.82, 2.24) is 9.71 Å². The lowest BCUT2D eigenvalue weighted by Crippen LogP contribution is -2.20. The van der Waals surface area contributed by atoms with Crippen LogP contribution in [0, 0.1) is 0 Å². The van der Waals surface area contributed by atoms with Crippen molar-refractivity contribution in [3.05, 3.63) is 28.4 Å². The normalized spacial score (nSPS) is 9.62. The molecule has 0 spiro atoms. The standard InChI is InChI=1S/C7H8N2O4/c1-2-13-7(11)5-3-6(10)9(12)4-8-5/h3-4,12H,2H2,1H3. The third kappa shape index (κ3) is 2.05. The second-order valence-electron chi connectivity index (χ2n) is 2.18. The Morgan fingerprint density at radius 2 is 2.46 bits per heavy atom. The Bertz CT molecular complexity index is 371. The van der Waals surface area contributed by atoms with Crippen molar-refractivity contribution in [3.8, 4) is 0 Å². The van der Waals surface area contributed by atoms with Crippen LogP contribution in [0.2, 0.25) is 0 Å². The molecule has 0 unspecified atom stereocenters. The third-order valence-electron chi connectivity index (χ3n) is 1.28. The van der Waals surface area contributed by atoms with Crippen molar-refractivity contribution in [2.45, 2.75) is 6.92 Å². The van der Waals surface area contributed by atoms with Gasteiger partial charge in [0.05, 0.1) is 6.61 Å². The molecule has 0 aliphatic carbocycles. The number of carbonyl (C=O) groups excluding carboxylic acids is 1. The van der Waals surface area contributed by atoms with Gasteiger partial charge in [-0.05, 0) is 6.92 Å². The van der Waals surface area contributed by atoms with Crippen LogP contribution in [0.5, 0.6) is 0 Å². The molecule has 0 aliphatic rings. The van der Waals surface area contributed by atoms with Gasteiger partial charge in [0.1, 0.15) is 6.33 Å². The first-order valence-electron chi connectivity index (χ1n) is 3.60. The highest BCUT2D eigenvalue weighted by Crippen LogP contribution is 1.92. The number of rotatable bonds is 2. The van der Waals surface area contributed by atoms with Gasteiger partial charge in [0.15, 0.2) is 5.69 Å². The van der Waals surface area contributed by atoms with E-state index >= 15 is 0 Å². The average molecular weight is 184 g/mol. The minimum absolute atomic E-state index is 0.114. The largest absolute Gasteiger partial charge is 0.461 e. The van der Waals surface area contributed by atoms with Crippen molar-refractivity contribution >= 4 is 5.97 Å².